The van der Waals surface area contributed by atoms with Gasteiger partial charge in [-0.2, -0.15) is 0 Å². The van der Waals surface area contributed by atoms with Gasteiger partial charge in [-0.15, -0.1) is 0 Å². The molecule has 0 saturated heterocycles. The zero-order chi connectivity index (χ0) is 13.4. The van der Waals surface area contributed by atoms with E-state index in [2.05, 4.69) is 0 Å². The van der Waals surface area contributed by atoms with E-state index in [1.165, 1.54) is 0 Å². The lowest BCUT2D eigenvalue weighted by molar-refractivity contribution is 0.193. The number of aliphatic hydroxyl groups is 1. The zero-order valence-electron chi connectivity index (χ0n) is 10.0. The molecule has 0 amide bonds. The highest BCUT2D eigenvalue weighted by Gasteiger charge is 2.17. The molecule has 0 aliphatic rings. The van der Waals surface area contributed by atoms with Crippen LogP contribution in [0, 0.1) is 0 Å². The fraction of sp³-hybridized carbons (Fsp3) is 0.0667. The van der Waals surface area contributed by atoms with E-state index in [1.54, 1.807) is 36.4 Å². The lowest BCUT2D eigenvalue weighted by Gasteiger charge is -2.10. The molecule has 3 nitrogen and oxygen atoms in total. The van der Waals surface area contributed by atoms with E-state index in [4.69, 9.17) is 21.8 Å². The summed E-state index contributed by atoms with van der Waals surface area (Å²) >= 11 is 5.93. The van der Waals surface area contributed by atoms with E-state index in [-0.39, 0.29) is 0 Å². The Morgan fingerprint density at radius 2 is 1.89 bits per heavy atom. The van der Waals surface area contributed by atoms with Gasteiger partial charge in [0.2, 0.25) is 0 Å². The Balaban J connectivity index is 2.07. The van der Waals surface area contributed by atoms with E-state index >= 15 is 0 Å². The third-order valence-electron chi connectivity index (χ3n) is 3.06. The van der Waals surface area contributed by atoms with Crippen molar-refractivity contribution in [1.82, 2.24) is 0 Å². The van der Waals surface area contributed by atoms with Gasteiger partial charge in [0.05, 0.1) is 0 Å². The Bertz CT molecular complexity index is 736. The molecule has 4 heteroatoms. The van der Waals surface area contributed by atoms with Crippen LogP contribution >= 0.6 is 11.6 Å². The first kappa shape index (κ1) is 12.1. The van der Waals surface area contributed by atoms with Crippen LogP contribution in [0.15, 0.2) is 52.9 Å². The van der Waals surface area contributed by atoms with Gasteiger partial charge in [-0.3, -0.25) is 0 Å². The highest BCUT2D eigenvalue weighted by Crippen LogP contribution is 2.31. The second-order valence-corrected chi connectivity index (χ2v) is 4.80. The molecule has 0 aliphatic carbocycles. The molecule has 0 spiro atoms. The number of benzene rings is 2. The van der Waals surface area contributed by atoms with E-state index in [9.17, 15) is 5.11 Å². The number of para-hydroxylation sites is 1. The van der Waals surface area contributed by atoms with Gasteiger partial charge in [0.1, 0.15) is 17.4 Å². The minimum atomic E-state index is -0.882. The lowest BCUT2D eigenvalue weighted by Crippen LogP contribution is -2.02. The van der Waals surface area contributed by atoms with Gasteiger partial charge in [0.15, 0.2) is 0 Å². The summed E-state index contributed by atoms with van der Waals surface area (Å²) < 4.78 is 5.63. The molecule has 3 rings (SSSR count). The number of hydrogen-bond donors (Lipinski definition) is 2. The van der Waals surface area contributed by atoms with Crippen LogP contribution in [-0.4, -0.2) is 5.11 Å². The van der Waals surface area contributed by atoms with Crippen molar-refractivity contribution in [1.29, 1.82) is 0 Å². The summed E-state index contributed by atoms with van der Waals surface area (Å²) in [6, 6.07) is 14.3. The molecule has 3 aromatic rings. The van der Waals surface area contributed by atoms with E-state index in [0.717, 1.165) is 5.39 Å². The van der Waals surface area contributed by atoms with Crippen molar-refractivity contribution in [3.63, 3.8) is 0 Å². The van der Waals surface area contributed by atoms with E-state index in [1.807, 2.05) is 12.1 Å². The molecule has 3 N–H and O–H groups in total. The molecule has 96 valence electrons. The number of anilines is 1. The minimum Gasteiger partial charge on any atom is -0.458 e. The summed E-state index contributed by atoms with van der Waals surface area (Å²) in [5.41, 5.74) is 7.71. The molecular weight excluding hydrogens is 262 g/mol. The summed E-state index contributed by atoms with van der Waals surface area (Å²) in [7, 11) is 0. The molecule has 0 fully saturated rings. The maximum atomic E-state index is 10.3. The van der Waals surface area contributed by atoms with Gasteiger partial charge in [0, 0.05) is 21.7 Å². The van der Waals surface area contributed by atoms with E-state index in [0.29, 0.717) is 27.6 Å². The van der Waals surface area contributed by atoms with Crippen molar-refractivity contribution in [3.05, 3.63) is 64.9 Å². The molecule has 0 bridgehead atoms. The van der Waals surface area contributed by atoms with Crippen molar-refractivity contribution in [2.75, 3.05) is 5.73 Å². The monoisotopic (exact) mass is 273 g/mol. The molecule has 2 aromatic carbocycles. The molecule has 0 radical (unpaired) electrons. The highest BCUT2D eigenvalue weighted by molar-refractivity contribution is 6.31. The Morgan fingerprint density at radius 1 is 1.11 bits per heavy atom. The van der Waals surface area contributed by atoms with Crippen LogP contribution in [0.5, 0.6) is 0 Å². The molecular formula is C15H12ClNO2. The summed E-state index contributed by atoms with van der Waals surface area (Å²) in [6.45, 7) is 0. The Hall–Kier alpha value is -1.97. The summed E-state index contributed by atoms with van der Waals surface area (Å²) in [5, 5.41) is 11.8. The number of fused-ring (bicyclic) bond motifs is 1. The summed E-state index contributed by atoms with van der Waals surface area (Å²) in [4.78, 5) is 0. The van der Waals surface area contributed by atoms with Crippen LogP contribution < -0.4 is 5.73 Å². The Morgan fingerprint density at radius 3 is 2.68 bits per heavy atom. The molecule has 0 saturated carbocycles. The first-order valence-corrected chi connectivity index (χ1v) is 6.24. The first-order valence-electron chi connectivity index (χ1n) is 5.86. The number of nitrogens with two attached hydrogens (primary N) is 1. The van der Waals surface area contributed by atoms with Crippen LogP contribution in [0.3, 0.4) is 0 Å². The normalized spacial score (nSPS) is 12.7. The topological polar surface area (TPSA) is 59.4 Å². The van der Waals surface area contributed by atoms with Gasteiger partial charge in [0.25, 0.3) is 0 Å². The van der Waals surface area contributed by atoms with Crippen molar-refractivity contribution >= 4 is 28.3 Å². The maximum absolute atomic E-state index is 10.3. The van der Waals surface area contributed by atoms with Gasteiger partial charge >= 0.3 is 0 Å². The molecule has 19 heavy (non-hydrogen) atoms. The first-order chi connectivity index (χ1) is 9.15. The number of rotatable bonds is 2. The van der Waals surface area contributed by atoms with E-state index < -0.39 is 6.10 Å². The van der Waals surface area contributed by atoms with Crippen molar-refractivity contribution in [2.24, 2.45) is 0 Å². The van der Waals surface area contributed by atoms with Gasteiger partial charge in [-0.25, -0.2) is 0 Å². The molecule has 0 aliphatic heterocycles. The number of halogens is 1. The highest BCUT2D eigenvalue weighted by atomic mass is 35.5. The SMILES string of the molecule is Nc1ccccc1C(O)c1cc2cc(Cl)ccc2o1. The maximum Gasteiger partial charge on any atom is 0.139 e. The Kier molecular flexibility index (Phi) is 2.93. The van der Waals surface area contributed by atoms with Crippen LogP contribution in [0.25, 0.3) is 11.0 Å². The average Bonchev–Trinajstić information content (AvgIpc) is 2.81. The number of aliphatic hydroxyl groups excluding tert-OH is 1. The van der Waals surface area contributed by atoms with Crippen molar-refractivity contribution in [2.45, 2.75) is 6.10 Å². The van der Waals surface area contributed by atoms with Crippen LogP contribution in [0.4, 0.5) is 5.69 Å². The third kappa shape index (κ3) is 2.18. The van der Waals surface area contributed by atoms with Gasteiger partial charge < -0.3 is 15.3 Å². The van der Waals surface area contributed by atoms with Gasteiger partial charge in [-0.1, -0.05) is 29.8 Å². The Labute approximate surface area is 115 Å². The second kappa shape index (κ2) is 4.61. The summed E-state index contributed by atoms with van der Waals surface area (Å²) in [5.74, 6) is 0.454. The largest absolute Gasteiger partial charge is 0.458 e. The molecule has 1 unspecified atom stereocenters. The van der Waals surface area contributed by atoms with Crippen molar-refractivity contribution < 1.29 is 9.52 Å². The summed E-state index contributed by atoms with van der Waals surface area (Å²) in [6.07, 6.45) is -0.882. The quantitative estimate of drug-likeness (QED) is 0.699. The molecule has 1 aromatic heterocycles. The predicted octanol–water partition coefficient (Wildman–Crippen LogP) is 3.75. The number of nitrogen functional groups attached to an aromatic ring is 1. The van der Waals surface area contributed by atoms with Crippen molar-refractivity contribution in [3.8, 4) is 0 Å². The fourth-order valence-electron chi connectivity index (χ4n) is 2.08. The van der Waals surface area contributed by atoms with Gasteiger partial charge in [-0.05, 0) is 30.3 Å². The molecule has 1 atom stereocenters. The number of hydrogen-bond acceptors (Lipinski definition) is 3. The van der Waals surface area contributed by atoms with Crippen LogP contribution in [0.2, 0.25) is 5.02 Å². The third-order valence-corrected chi connectivity index (χ3v) is 3.29. The second-order valence-electron chi connectivity index (χ2n) is 4.36. The lowest BCUT2D eigenvalue weighted by atomic mass is 10.1. The zero-order valence-corrected chi connectivity index (χ0v) is 10.8. The smallest absolute Gasteiger partial charge is 0.139 e. The standard InChI is InChI=1S/C15H12ClNO2/c16-10-5-6-13-9(7-10)8-14(19-13)15(18)11-3-1-2-4-12(11)17/h1-8,15,18H,17H2. The van der Waals surface area contributed by atoms with Crippen LogP contribution in [0.1, 0.15) is 17.4 Å². The fourth-order valence-corrected chi connectivity index (χ4v) is 2.26. The average molecular weight is 274 g/mol. The minimum absolute atomic E-state index is 0.454. The van der Waals surface area contributed by atoms with Crippen LogP contribution in [-0.2, 0) is 0 Å². The number of furan rings is 1. The predicted molar refractivity (Wildman–Crippen MR) is 76.1 cm³/mol. The molecule has 1 heterocycles.